The summed E-state index contributed by atoms with van der Waals surface area (Å²) in [6.07, 6.45) is 5.04. The van der Waals surface area contributed by atoms with Crippen LogP contribution in [0.25, 0.3) is 11.0 Å². The van der Waals surface area contributed by atoms with Crippen LogP contribution in [0.5, 0.6) is 0 Å². The van der Waals surface area contributed by atoms with Gasteiger partial charge < -0.3 is 4.98 Å². The Balaban J connectivity index is 1.62. The Morgan fingerprint density at radius 2 is 1.96 bits per heavy atom. The third kappa shape index (κ3) is 3.35. The van der Waals surface area contributed by atoms with Crippen LogP contribution >= 0.6 is 11.6 Å². The zero-order chi connectivity index (χ0) is 18.1. The standard InChI is InChI=1S/C20H18ClFN4/c1-2-26-18(8-14-11-23-20-19(14)9-15(21)12-24-20)10-17(25-26)7-13-3-5-16(22)6-4-13/h3-6,9-12H,2,7-8H2,1H3,(H,23,24). The summed E-state index contributed by atoms with van der Waals surface area (Å²) in [6.45, 7) is 2.87. The Morgan fingerprint density at radius 1 is 1.15 bits per heavy atom. The molecule has 26 heavy (non-hydrogen) atoms. The first-order chi connectivity index (χ1) is 12.6. The second-order valence-electron chi connectivity index (χ2n) is 6.29. The molecule has 0 spiro atoms. The quantitative estimate of drug-likeness (QED) is 0.552. The van der Waals surface area contributed by atoms with Crippen LogP contribution in [0.15, 0.2) is 48.8 Å². The highest BCUT2D eigenvalue weighted by molar-refractivity contribution is 6.31. The maximum absolute atomic E-state index is 13.1. The normalized spacial score (nSPS) is 11.3. The summed E-state index contributed by atoms with van der Waals surface area (Å²) in [5, 5.41) is 6.35. The van der Waals surface area contributed by atoms with Gasteiger partial charge in [0, 0.05) is 42.9 Å². The van der Waals surface area contributed by atoms with E-state index in [4.69, 9.17) is 16.7 Å². The van der Waals surface area contributed by atoms with Gasteiger partial charge in [0.1, 0.15) is 11.5 Å². The van der Waals surface area contributed by atoms with Crippen molar-refractivity contribution in [3.63, 3.8) is 0 Å². The molecule has 0 atom stereocenters. The summed E-state index contributed by atoms with van der Waals surface area (Å²) in [5.41, 5.74) is 5.12. The van der Waals surface area contributed by atoms with Crippen LogP contribution in [0.4, 0.5) is 4.39 Å². The van der Waals surface area contributed by atoms with Gasteiger partial charge in [-0.1, -0.05) is 23.7 Å². The van der Waals surface area contributed by atoms with Crippen LogP contribution in [0, 0.1) is 5.82 Å². The number of nitrogens with zero attached hydrogens (tertiary/aromatic N) is 3. The van der Waals surface area contributed by atoms with Gasteiger partial charge >= 0.3 is 0 Å². The SMILES string of the molecule is CCn1nc(Cc2ccc(F)cc2)cc1Cc1c[nH]c2ncc(Cl)cc12. The van der Waals surface area contributed by atoms with Crippen molar-refractivity contribution >= 4 is 22.6 Å². The Morgan fingerprint density at radius 3 is 2.73 bits per heavy atom. The monoisotopic (exact) mass is 368 g/mol. The number of fused-ring (bicyclic) bond motifs is 1. The van der Waals surface area contributed by atoms with E-state index in [1.807, 2.05) is 16.9 Å². The molecule has 0 bridgehead atoms. The molecule has 0 fully saturated rings. The maximum atomic E-state index is 13.1. The molecular weight excluding hydrogens is 351 g/mol. The van der Waals surface area contributed by atoms with Crippen molar-refractivity contribution in [3.8, 4) is 0 Å². The third-order valence-electron chi connectivity index (χ3n) is 4.47. The van der Waals surface area contributed by atoms with Crippen LogP contribution in [-0.2, 0) is 19.4 Å². The van der Waals surface area contributed by atoms with Crippen molar-refractivity contribution in [1.29, 1.82) is 0 Å². The smallest absolute Gasteiger partial charge is 0.137 e. The number of aromatic nitrogens is 4. The highest BCUT2D eigenvalue weighted by atomic mass is 35.5. The molecule has 0 amide bonds. The highest BCUT2D eigenvalue weighted by Gasteiger charge is 2.12. The highest BCUT2D eigenvalue weighted by Crippen LogP contribution is 2.23. The van der Waals surface area contributed by atoms with Gasteiger partial charge in [-0.3, -0.25) is 4.68 Å². The topological polar surface area (TPSA) is 46.5 Å². The molecule has 0 unspecified atom stereocenters. The van der Waals surface area contributed by atoms with Gasteiger partial charge in [0.05, 0.1) is 10.7 Å². The van der Waals surface area contributed by atoms with Crippen molar-refractivity contribution in [2.24, 2.45) is 0 Å². The van der Waals surface area contributed by atoms with Gasteiger partial charge in [-0.05, 0) is 42.3 Å². The third-order valence-corrected chi connectivity index (χ3v) is 4.67. The first-order valence-corrected chi connectivity index (χ1v) is 8.91. The number of hydrogen-bond acceptors (Lipinski definition) is 2. The van der Waals surface area contributed by atoms with E-state index in [0.29, 0.717) is 11.4 Å². The summed E-state index contributed by atoms with van der Waals surface area (Å²) < 4.78 is 15.1. The van der Waals surface area contributed by atoms with Gasteiger partial charge in [-0.2, -0.15) is 5.10 Å². The van der Waals surface area contributed by atoms with Crippen LogP contribution < -0.4 is 0 Å². The maximum Gasteiger partial charge on any atom is 0.137 e. The fourth-order valence-corrected chi connectivity index (χ4v) is 3.36. The van der Waals surface area contributed by atoms with E-state index in [9.17, 15) is 4.39 Å². The Labute approximate surface area is 155 Å². The zero-order valence-corrected chi connectivity index (χ0v) is 15.1. The van der Waals surface area contributed by atoms with E-state index in [-0.39, 0.29) is 5.82 Å². The van der Waals surface area contributed by atoms with E-state index in [1.54, 1.807) is 18.3 Å². The number of pyridine rings is 1. The van der Waals surface area contributed by atoms with E-state index < -0.39 is 0 Å². The molecule has 1 N–H and O–H groups in total. The molecule has 4 rings (SSSR count). The molecule has 6 heteroatoms. The lowest BCUT2D eigenvalue weighted by molar-refractivity contribution is 0.621. The number of H-pyrrole nitrogens is 1. The lowest BCUT2D eigenvalue weighted by Crippen LogP contribution is -2.03. The Kier molecular flexibility index (Phi) is 4.47. The van der Waals surface area contributed by atoms with E-state index in [1.165, 1.54) is 12.1 Å². The summed E-state index contributed by atoms with van der Waals surface area (Å²) in [4.78, 5) is 7.50. The van der Waals surface area contributed by atoms with E-state index in [2.05, 4.69) is 23.0 Å². The average molecular weight is 369 g/mol. The Hall–Kier alpha value is -2.66. The number of aryl methyl sites for hydroxylation is 1. The molecular formula is C20H18ClFN4. The second-order valence-corrected chi connectivity index (χ2v) is 6.72. The van der Waals surface area contributed by atoms with Crippen molar-refractivity contribution in [2.75, 3.05) is 0 Å². The number of rotatable bonds is 5. The molecule has 3 heterocycles. The minimum Gasteiger partial charge on any atom is -0.346 e. The number of hydrogen-bond donors (Lipinski definition) is 1. The van der Waals surface area contributed by atoms with Gasteiger partial charge in [-0.25, -0.2) is 9.37 Å². The first kappa shape index (κ1) is 16.8. The fourth-order valence-electron chi connectivity index (χ4n) is 3.20. The van der Waals surface area contributed by atoms with Crippen LogP contribution in [0.1, 0.15) is 29.4 Å². The fraction of sp³-hybridized carbons (Fsp3) is 0.200. The number of aromatic amines is 1. The number of benzene rings is 1. The van der Waals surface area contributed by atoms with Crippen molar-refractivity contribution in [3.05, 3.63) is 82.1 Å². The Bertz CT molecular complexity index is 1050. The predicted molar refractivity (Wildman–Crippen MR) is 101 cm³/mol. The van der Waals surface area contributed by atoms with Crippen molar-refractivity contribution in [1.82, 2.24) is 19.7 Å². The van der Waals surface area contributed by atoms with Crippen molar-refractivity contribution in [2.45, 2.75) is 26.3 Å². The molecule has 4 nitrogen and oxygen atoms in total. The van der Waals surface area contributed by atoms with Crippen LogP contribution in [0.3, 0.4) is 0 Å². The lowest BCUT2D eigenvalue weighted by Gasteiger charge is -2.03. The molecule has 0 saturated heterocycles. The predicted octanol–water partition coefficient (Wildman–Crippen LogP) is 4.75. The molecule has 0 aliphatic heterocycles. The largest absolute Gasteiger partial charge is 0.346 e. The molecule has 132 valence electrons. The van der Waals surface area contributed by atoms with E-state index in [0.717, 1.165) is 46.5 Å². The average Bonchev–Trinajstić information content (AvgIpc) is 3.21. The summed E-state index contributed by atoms with van der Waals surface area (Å²) in [5.74, 6) is -0.222. The summed E-state index contributed by atoms with van der Waals surface area (Å²) in [7, 11) is 0. The van der Waals surface area contributed by atoms with Crippen molar-refractivity contribution < 1.29 is 4.39 Å². The number of halogens is 2. The lowest BCUT2D eigenvalue weighted by atomic mass is 10.1. The summed E-state index contributed by atoms with van der Waals surface area (Å²) >= 11 is 6.09. The van der Waals surface area contributed by atoms with Gasteiger partial charge in [-0.15, -0.1) is 0 Å². The molecule has 1 aromatic carbocycles. The molecule has 0 radical (unpaired) electrons. The minimum absolute atomic E-state index is 0.222. The minimum atomic E-state index is -0.222. The van der Waals surface area contributed by atoms with Crippen LogP contribution in [0.2, 0.25) is 5.02 Å². The second kappa shape index (κ2) is 6.92. The van der Waals surface area contributed by atoms with Gasteiger partial charge in [0.25, 0.3) is 0 Å². The number of nitrogens with one attached hydrogen (secondary N) is 1. The molecule has 3 aromatic heterocycles. The van der Waals surface area contributed by atoms with Gasteiger partial charge in [0.2, 0.25) is 0 Å². The van der Waals surface area contributed by atoms with Crippen LogP contribution in [-0.4, -0.2) is 19.7 Å². The molecule has 4 aromatic rings. The van der Waals surface area contributed by atoms with E-state index >= 15 is 0 Å². The zero-order valence-electron chi connectivity index (χ0n) is 14.3. The molecule has 0 aliphatic rings. The molecule has 0 aliphatic carbocycles. The molecule has 0 saturated carbocycles. The first-order valence-electron chi connectivity index (χ1n) is 8.54. The van der Waals surface area contributed by atoms with Gasteiger partial charge in [0.15, 0.2) is 0 Å². The summed E-state index contributed by atoms with van der Waals surface area (Å²) in [6, 6.07) is 10.6.